The number of anilines is 1. The molecule has 0 bridgehead atoms. The highest BCUT2D eigenvalue weighted by Crippen LogP contribution is 2.32. The van der Waals surface area contributed by atoms with Crippen LogP contribution in [0.5, 0.6) is 5.75 Å². The second kappa shape index (κ2) is 5.27. The van der Waals surface area contributed by atoms with Crippen LogP contribution in [-0.4, -0.2) is 0 Å². The highest BCUT2D eigenvalue weighted by Gasteiger charge is 2.12. The van der Waals surface area contributed by atoms with Gasteiger partial charge in [0.15, 0.2) is 0 Å². The van der Waals surface area contributed by atoms with Crippen LogP contribution < -0.4 is 10.5 Å². The standard InChI is InChI=1S/C14H13ClFNO/c1-9(10-5-3-2-4-6-10)18-14-8-13(17)12(16)7-11(14)15/h2-9H,17H2,1H3. The molecular weight excluding hydrogens is 253 g/mol. The maximum atomic E-state index is 13.2. The van der Waals surface area contributed by atoms with Crippen molar-refractivity contribution in [1.29, 1.82) is 0 Å². The van der Waals surface area contributed by atoms with Crippen LogP contribution in [0.2, 0.25) is 5.02 Å². The Balaban J connectivity index is 2.22. The van der Waals surface area contributed by atoms with Gasteiger partial charge < -0.3 is 10.5 Å². The smallest absolute Gasteiger partial charge is 0.147 e. The average Bonchev–Trinajstić information content (AvgIpc) is 2.37. The van der Waals surface area contributed by atoms with Crippen LogP contribution in [0.3, 0.4) is 0 Å². The number of halogens is 2. The molecule has 0 saturated carbocycles. The maximum Gasteiger partial charge on any atom is 0.147 e. The largest absolute Gasteiger partial charge is 0.484 e. The van der Waals surface area contributed by atoms with Gasteiger partial charge in [0.25, 0.3) is 0 Å². The van der Waals surface area contributed by atoms with Gasteiger partial charge in [0, 0.05) is 6.07 Å². The number of benzene rings is 2. The van der Waals surface area contributed by atoms with E-state index in [9.17, 15) is 4.39 Å². The van der Waals surface area contributed by atoms with Gasteiger partial charge in [-0.1, -0.05) is 41.9 Å². The van der Waals surface area contributed by atoms with Crippen LogP contribution in [0.25, 0.3) is 0 Å². The lowest BCUT2D eigenvalue weighted by Crippen LogP contribution is -2.04. The highest BCUT2D eigenvalue weighted by atomic mass is 35.5. The first kappa shape index (κ1) is 12.7. The summed E-state index contributed by atoms with van der Waals surface area (Å²) in [6.07, 6.45) is -0.187. The monoisotopic (exact) mass is 265 g/mol. The molecule has 18 heavy (non-hydrogen) atoms. The predicted octanol–water partition coefficient (Wildman–Crippen LogP) is 4.20. The topological polar surface area (TPSA) is 35.2 Å². The second-order valence-corrected chi connectivity index (χ2v) is 4.38. The van der Waals surface area contributed by atoms with E-state index < -0.39 is 5.82 Å². The van der Waals surface area contributed by atoms with E-state index in [1.54, 1.807) is 0 Å². The summed E-state index contributed by atoms with van der Waals surface area (Å²) in [6, 6.07) is 12.2. The lowest BCUT2D eigenvalue weighted by Gasteiger charge is -2.16. The van der Waals surface area contributed by atoms with Crippen LogP contribution in [-0.2, 0) is 0 Å². The van der Waals surface area contributed by atoms with E-state index in [0.29, 0.717) is 5.75 Å². The Morgan fingerprint density at radius 1 is 1.22 bits per heavy atom. The van der Waals surface area contributed by atoms with E-state index in [0.717, 1.165) is 11.6 Å². The second-order valence-electron chi connectivity index (χ2n) is 3.97. The molecule has 2 N–H and O–H groups in total. The molecule has 1 unspecified atom stereocenters. The van der Waals surface area contributed by atoms with Crippen molar-refractivity contribution in [2.24, 2.45) is 0 Å². The summed E-state index contributed by atoms with van der Waals surface area (Å²) in [5, 5.41) is 0.212. The van der Waals surface area contributed by atoms with E-state index in [1.165, 1.54) is 6.07 Å². The summed E-state index contributed by atoms with van der Waals surface area (Å²) in [4.78, 5) is 0. The van der Waals surface area contributed by atoms with Gasteiger partial charge in [0.05, 0.1) is 10.7 Å². The Labute approximate surface area is 110 Å². The molecule has 2 aromatic carbocycles. The van der Waals surface area contributed by atoms with Crippen molar-refractivity contribution >= 4 is 17.3 Å². The Hall–Kier alpha value is -1.74. The molecule has 2 rings (SSSR count). The first-order valence-corrected chi connectivity index (χ1v) is 5.92. The number of ether oxygens (including phenoxy) is 1. The van der Waals surface area contributed by atoms with E-state index in [-0.39, 0.29) is 16.8 Å². The maximum absolute atomic E-state index is 13.2. The van der Waals surface area contributed by atoms with Gasteiger partial charge in [-0.2, -0.15) is 0 Å². The molecule has 4 heteroatoms. The van der Waals surface area contributed by atoms with Gasteiger partial charge in [-0.3, -0.25) is 0 Å². The SMILES string of the molecule is CC(Oc1cc(N)c(F)cc1Cl)c1ccccc1. The molecule has 2 nitrogen and oxygen atoms in total. The van der Waals surface area contributed by atoms with Crippen molar-refractivity contribution in [1.82, 2.24) is 0 Å². The molecule has 1 atom stereocenters. The van der Waals surface area contributed by atoms with Crippen molar-refractivity contribution in [3.63, 3.8) is 0 Å². The zero-order chi connectivity index (χ0) is 13.1. The summed E-state index contributed by atoms with van der Waals surface area (Å²) < 4.78 is 18.8. The third-order valence-corrected chi connectivity index (χ3v) is 2.92. The van der Waals surface area contributed by atoms with Gasteiger partial charge in [0.2, 0.25) is 0 Å². The fourth-order valence-corrected chi connectivity index (χ4v) is 1.81. The third-order valence-electron chi connectivity index (χ3n) is 2.62. The van der Waals surface area contributed by atoms with Crippen molar-refractivity contribution in [3.05, 3.63) is 58.9 Å². The average molecular weight is 266 g/mol. The molecule has 2 aromatic rings. The molecule has 94 valence electrons. The van der Waals surface area contributed by atoms with E-state index in [2.05, 4.69) is 0 Å². The Morgan fingerprint density at radius 3 is 2.56 bits per heavy atom. The molecule has 0 aliphatic heterocycles. The van der Waals surface area contributed by atoms with Gasteiger partial charge in [0.1, 0.15) is 17.7 Å². The van der Waals surface area contributed by atoms with Crippen LogP contribution in [0.15, 0.2) is 42.5 Å². The van der Waals surface area contributed by atoms with Crippen LogP contribution in [0.4, 0.5) is 10.1 Å². The van der Waals surface area contributed by atoms with Gasteiger partial charge in [-0.25, -0.2) is 4.39 Å². The van der Waals surface area contributed by atoms with Crippen LogP contribution >= 0.6 is 11.6 Å². The van der Waals surface area contributed by atoms with E-state index in [4.69, 9.17) is 22.1 Å². The number of nitrogen functional groups attached to an aromatic ring is 1. The minimum atomic E-state index is -0.542. The number of hydrogen-bond donors (Lipinski definition) is 1. The molecule has 0 saturated heterocycles. The molecule has 0 fully saturated rings. The Kier molecular flexibility index (Phi) is 3.72. The first-order chi connectivity index (χ1) is 8.58. The van der Waals surface area contributed by atoms with E-state index >= 15 is 0 Å². The van der Waals surface area contributed by atoms with Crippen molar-refractivity contribution in [2.45, 2.75) is 13.0 Å². The summed E-state index contributed by atoms with van der Waals surface area (Å²) in [6.45, 7) is 1.89. The number of nitrogens with two attached hydrogens (primary N) is 1. The van der Waals surface area contributed by atoms with Crippen molar-refractivity contribution in [2.75, 3.05) is 5.73 Å². The van der Waals surface area contributed by atoms with Crippen LogP contribution in [0, 0.1) is 5.82 Å². The summed E-state index contributed by atoms with van der Waals surface area (Å²) in [7, 11) is 0. The van der Waals surface area contributed by atoms with E-state index in [1.807, 2.05) is 37.3 Å². The van der Waals surface area contributed by atoms with Crippen LogP contribution in [0.1, 0.15) is 18.6 Å². The quantitative estimate of drug-likeness (QED) is 0.844. The minimum Gasteiger partial charge on any atom is -0.484 e. The third kappa shape index (κ3) is 2.74. The first-order valence-electron chi connectivity index (χ1n) is 5.54. The fraction of sp³-hybridized carbons (Fsp3) is 0.143. The molecule has 0 radical (unpaired) electrons. The lowest BCUT2D eigenvalue weighted by molar-refractivity contribution is 0.227. The molecule has 0 aromatic heterocycles. The summed E-state index contributed by atoms with van der Waals surface area (Å²) in [5.74, 6) is -0.161. The Bertz CT molecular complexity index is 545. The van der Waals surface area contributed by atoms with Gasteiger partial charge in [-0.05, 0) is 18.6 Å². The zero-order valence-electron chi connectivity index (χ0n) is 9.86. The molecular formula is C14H13ClFNO. The molecule has 0 aliphatic carbocycles. The molecule has 0 amide bonds. The normalized spacial score (nSPS) is 12.2. The fourth-order valence-electron chi connectivity index (χ4n) is 1.62. The molecule has 0 aliphatic rings. The zero-order valence-corrected chi connectivity index (χ0v) is 10.6. The lowest BCUT2D eigenvalue weighted by atomic mass is 10.1. The minimum absolute atomic E-state index is 0.0228. The Morgan fingerprint density at radius 2 is 1.89 bits per heavy atom. The van der Waals surface area contributed by atoms with Crippen molar-refractivity contribution < 1.29 is 9.13 Å². The highest BCUT2D eigenvalue weighted by molar-refractivity contribution is 6.32. The summed E-state index contributed by atoms with van der Waals surface area (Å²) in [5.41, 5.74) is 6.52. The van der Waals surface area contributed by atoms with Crippen molar-refractivity contribution in [3.8, 4) is 5.75 Å². The number of rotatable bonds is 3. The van der Waals surface area contributed by atoms with Gasteiger partial charge in [-0.15, -0.1) is 0 Å². The summed E-state index contributed by atoms with van der Waals surface area (Å²) >= 11 is 5.91. The molecule has 0 spiro atoms. The number of hydrogen-bond acceptors (Lipinski definition) is 2. The van der Waals surface area contributed by atoms with Gasteiger partial charge >= 0.3 is 0 Å². The molecule has 0 heterocycles. The predicted molar refractivity (Wildman–Crippen MR) is 71.3 cm³/mol.